The highest BCUT2D eigenvalue weighted by Crippen LogP contribution is 2.29. The Balaban J connectivity index is 1.72. The van der Waals surface area contributed by atoms with Crippen LogP contribution in [0.25, 0.3) is 0 Å². The summed E-state index contributed by atoms with van der Waals surface area (Å²) in [5.74, 6) is -14.5. The highest BCUT2D eigenvalue weighted by atomic mass is 19.2. The van der Waals surface area contributed by atoms with Crippen molar-refractivity contribution in [1.82, 2.24) is 0 Å². The van der Waals surface area contributed by atoms with Gasteiger partial charge in [-0.15, -0.1) is 0 Å². The Kier molecular flexibility index (Phi) is 31.0. The Morgan fingerprint density at radius 3 is 0.849 bits per heavy atom. The van der Waals surface area contributed by atoms with Crippen molar-refractivity contribution in [3.05, 3.63) is 29.1 Å². The van der Waals surface area contributed by atoms with E-state index in [1.807, 2.05) is 0 Å². The largest absolute Gasteiger partial charge is 0.463 e. The van der Waals surface area contributed by atoms with E-state index in [0.29, 0.717) is 119 Å². The zero-order valence-electron chi connectivity index (χ0n) is 30.0. The number of esters is 2. The van der Waals surface area contributed by atoms with Crippen LogP contribution in [0.15, 0.2) is 0 Å². The zero-order chi connectivity index (χ0) is 38.8. The molecule has 0 heterocycles. The molecule has 20 heteroatoms. The SMILES string of the molecule is CC(=O)OCCOCCOCCOCCOCCOCCOCCOCCOCCOCCOCCOCCC(=O)Oc1c(F)c(F)c(F)c(F)c1F. The third kappa shape index (κ3) is 26.7. The summed E-state index contributed by atoms with van der Waals surface area (Å²) in [7, 11) is 0. The molecule has 0 saturated heterocycles. The van der Waals surface area contributed by atoms with Crippen molar-refractivity contribution in [3.8, 4) is 5.75 Å². The lowest BCUT2D eigenvalue weighted by atomic mass is 10.2. The molecule has 0 atom stereocenters. The molecule has 0 radical (unpaired) electrons. The van der Waals surface area contributed by atoms with Crippen molar-refractivity contribution >= 4 is 11.9 Å². The Bertz CT molecular complexity index is 1060. The lowest BCUT2D eigenvalue weighted by molar-refractivity contribution is -0.142. The van der Waals surface area contributed by atoms with Crippen molar-refractivity contribution in [1.29, 1.82) is 0 Å². The Morgan fingerprint density at radius 2 is 0.585 bits per heavy atom. The van der Waals surface area contributed by atoms with Crippen molar-refractivity contribution in [2.75, 3.05) is 152 Å². The summed E-state index contributed by atoms with van der Waals surface area (Å²) < 4.78 is 134. The number of rotatable bonds is 37. The van der Waals surface area contributed by atoms with Gasteiger partial charge in [0, 0.05) is 6.92 Å². The first-order valence-electron chi connectivity index (χ1n) is 17.0. The number of halogens is 5. The van der Waals surface area contributed by atoms with Gasteiger partial charge in [0.1, 0.15) is 6.61 Å². The van der Waals surface area contributed by atoms with Crippen molar-refractivity contribution in [3.63, 3.8) is 0 Å². The fourth-order valence-electron chi connectivity index (χ4n) is 3.54. The monoisotopic (exact) mass is 782 g/mol. The predicted octanol–water partition coefficient (Wildman–Crippen LogP) is 2.42. The molecule has 15 nitrogen and oxygen atoms in total. The van der Waals surface area contributed by atoms with E-state index in [4.69, 9.17) is 56.8 Å². The van der Waals surface area contributed by atoms with Gasteiger partial charge in [-0.3, -0.25) is 9.59 Å². The highest BCUT2D eigenvalue weighted by Gasteiger charge is 2.28. The van der Waals surface area contributed by atoms with Crippen LogP contribution in [0.3, 0.4) is 0 Å². The molecular weight excluding hydrogens is 731 g/mol. The molecule has 0 aliphatic carbocycles. The van der Waals surface area contributed by atoms with Gasteiger partial charge in [0.05, 0.1) is 152 Å². The second kappa shape index (κ2) is 33.9. The molecule has 53 heavy (non-hydrogen) atoms. The second-order valence-electron chi connectivity index (χ2n) is 10.2. The van der Waals surface area contributed by atoms with Gasteiger partial charge in [0.15, 0.2) is 0 Å². The van der Waals surface area contributed by atoms with Crippen LogP contribution in [0.4, 0.5) is 22.0 Å². The van der Waals surface area contributed by atoms with Crippen molar-refractivity contribution in [2.45, 2.75) is 13.3 Å². The van der Waals surface area contributed by atoms with Crippen molar-refractivity contribution < 1.29 is 93.1 Å². The maximum absolute atomic E-state index is 13.5. The topological polar surface area (TPSA) is 154 Å². The zero-order valence-corrected chi connectivity index (χ0v) is 30.0. The molecule has 0 fully saturated rings. The van der Waals surface area contributed by atoms with Gasteiger partial charge in [-0.05, 0) is 0 Å². The molecule has 1 aromatic rings. The minimum absolute atomic E-state index is 0.0751. The smallest absolute Gasteiger partial charge is 0.313 e. The lowest BCUT2D eigenvalue weighted by Gasteiger charge is -2.09. The molecule has 308 valence electrons. The Hall–Kier alpha value is -2.63. The molecule has 1 rings (SSSR count). The summed E-state index contributed by atoms with van der Waals surface area (Å²) in [4.78, 5) is 22.2. The van der Waals surface area contributed by atoms with Gasteiger partial charge >= 0.3 is 11.9 Å². The third-order valence-electron chi connectivity index (χ3n) is 6.09. The van der Waals surface area contributed by atoms with Crippen LogP contribution < -0.4 is 4.74 Å². The average molecular weight is 783 g/mol. The molecule has 0 aliphatic rings. The minimum Gasteiger partial charge on any atom is -0.463 e. The molecule has 0 aromatic heterocycles. The summed E-state index contributed by atoms with van der Waals surface area (Å²) in [5.41, 5.74) is 0. The third-order valence-corrected chi connectivity index (χ3v) is 6.09. The Labute approximate surface area is 305 Å². The van der Waals surface area contributed by atoms with Gasteiger partial charge in [-0.25, -0.2) is 13.2 Å². The van der Waals surface area contributed by atoms with Crippen LogP contribution in [0.2, 0.25) is 0 Å². The standard InChI is InChI=1S/C33H51F5O15/c1-26(39)52-25-24-51-23-22-50-21-20-49-19-18-48-17-16-47-15-14-46-13-12-45-11-10-44-9-8-43-7-6-42-5-4-41-3-2-27(40)53-33-31(37)29(35)28(34)30(36)32(33)38/h2-25H2,1H3. The normalized spacial score (nSPS) is 11.4. The van der Waals surface area contributed by atoms with Gasteiger partial charge < -0.3 is 61.6 Å². The first-order chi connectivity index (χ1) is 25.8. The fraction of sp³-hybridized carbons (Fsp3) is 0.758. The average Bonchev–Trinajstić information content (AvgIpc) is 3.14. The van der Waals surface area contributed by atoms with E-state index in [9.17, 15) is 31.5 Å². The summed E-state index contributed by atoms with van der Waals surface area (Å²) in [6.45, 7) is 9.28. The van der Waals surface area contributed by atoms with Gasteiger partial charge in [0.2, 0.25) is 34.8 Å². The first kappa shape index (κ1) is 48.4. The molecular formula is C33H51F5O15. The number of hydrogen-bond acceptors (Lipinski definition) is 15. The number of hydrogen-bond donors (Lipinski definition) is 0. The summed E-state index contributed by atoms with van der Waals surface area (Å²) in [6.07, 6.45) is -0.491. The van der Waals surface area contributed by atoms with E-state index in [1.54, 1.807) is 0 Å². The molecule has 0 N–H and O–H groups in total. The quantitative estimate of drug-likeness (QED) is 0.0242. The Morgan fingerprint density at radius 1 is 0.358 bits per heavy atom. The molecule has 0 amide bonds. The number of carbonyl (C=O) groups is 2. The first-order valence-corrected chi connectivity index (χ1v) is 17.0. The lowest BCUT2D eigenvalue weighted by Crippen LogP contribution is -2.16. The van der Waals surface area contributed by atoms with Crippen LogP contribution in [0, 0.1) is 29.1 Å². The van der Waals surface area contributed by atoms with Crippen LogP contribution in [-0.2, 0) is 66.4 Å². The number of carbonyl (C=O) groups excluding carboxylic acids is 2. The van der Waals surface area contributed by atoms with Crippen molar-refractivity contribution in [2.24, 2.45) is 0 Å². The van der Waals surface area contributed by atoms with Gasteiger partial charge in [0.25, 0.3) is 0 Å². The minimum atomic E-state index is -2.35. The van der Waals surface area contributed by atoms with E-state index in [-0.39, 0.29) is 39.0 Å². The molecule has 0 aliphatic heterocycles. The second-order valence-corrected chi connectivity index (χ2v) is 10.2. The molecule has 0 bridgehead atoms. The highest BCUT2D eigenvalue weighted by molar-refractivity contribution is 5.72. The van der Waals surface area contributed by atoms with E-state index in [1.165, 1.54) is 6.92 Å². The van der Waals surface area contributed by atoms with Gasteiger partial charge in [-0.1, -0.05) is 0 Å². The maximum atomic E-state index is 13.5. The van der Waals surface area contributed by atoms with E-state index < -0.39 is 47.2 Å². The van der Waals surface area contributed by atoms with Gasteiger partial charge in [-0.2, -0.15) is 8.78 Å². The molecule has 0 unspecified atom stereocenters. The van der Waals surface area contributed by atoms with Crippen LogP contribution >= 0.6 is 0 Å². The summed E-state index contributed by atoms with van der Waals surface area (Å²) in [6, 6.07) is 0. The van der Waals surface area contributed by atoms with E-state index in [0.717, 1.165) is 0 Å². The number of benzene rings is 1. The summed E-state index contributed by atoms with van der Waals surface area (Å²) in [5, 5.41) is 0. The van der Waals surface area contributed by atoms with Crippen LogP contribution in [0.5, 0.6) is 5.75 Å². The van der Waals surface area contributed by atoms with E-state index in [2.05, 4.69) is 4.74 Å². The molecule has 1 aromatic carbocycles. The van der Waals surface area contributed by atoms with E-state index >= 15 is 0 Å². The summed E-state index contributed by atoms with van der Waals surface area (Å²) >= 11 is 0. The predicted molar refractivity (Wildman–Crippen MR) is 172 cm³/mol. The fourth-order valence-corrected chi connectivity index (χ4v) is 3.54. The molecule has 0 spiro atoms. The van der Waals surface area contributed by atoms with Crippen LogP contribution in [0.1, 0.15) is 13.3 Å². The molecule has 0 saturated carbocycles. The maximum Gasteiger partial charge on any atom is 0.313 e. The number of ether oxygens (including phenoxy) is 13. The van der Waals surface area contributed by atoms with Crippen LogP contribution in [-0.4, -0.2) is 164 Å².